The third kappa shape index (κ3) is 31.5. The Labute approximate surface area is 690 Å². The number of H-pyrrole nitrogens is 2. The Hall–Kier alpha value is -12.4. The average molecular weight is 1700 g/mol. The molecule has 0 saturated carbocycles. The van der Waals surface area contributed by atoms with Gasteiger partial charge in [-0.25, -0.2) is 4.79 Å². The Morgan fingerprint density at radius 3 is 1.21 bits per heavy atom. The largest absolute Gasteiger partial charge is 0.508 e. The monoisotopic (exact) mass is 1700 g/mol. The molecular formula is C75H101N17O25S2. The van der Waals surface area contributed by atoms with Crippen molar-refractivity contribution in [2.75, 3.05) is 44.4 Å². The molecule has 44 heteroatoms. The predicted molar refractivity (Wildman–Crippen MR) is 428 cm³/mol. The molecule has 119 heavy (non-hydrogen) atoms. The van der Waals surface area contributed by atoms with Crippen molar-refractivity contribution in [2.45, 2.75) is 164 Å². The van der Waals surface area contributed by atoms with Gasteiger partial charge in [0.1, 0.15) is 78.3 Å². The number of aromatic nitrogens is 2. The van der Waals surface area contributed by atoms with Crippen LogP contribution >= 0.6 is 25.3 Å². The fourth-order valence-electron chi connectivity index (χ4n) is 11.7. The summed E-state index contributed by atoms with van der Waals surface area (Å²) >= 11 is 8.36. The molecule has 3 aromatic carbocycles. The van der Waals surface area contributed by atoms with Gasteiger partial charge in [0.25, 0.3) is 0 Å². The molecule has 0 radical (unpaired) electrons. The zero-order valence-corrected chi connectivity index (χ0v) is 66.9. The van der Waals surface area contributed by atoms with E-state index in [4.69, 9.17) is 5.73 Å². The van der Waals surface area contributed by atoms with Crippen LogP contribution < -0.4 is 80.2 Å². The van der Waals surface area contributed by atoms with Gasteiger partial charge in [-0.2, -0.15) is 25.3 Å². The lowest BCUT2D eigenvalue weighted by atomic mass is 9.99. The number of carboxylic acids is 4. The van der Waals surface area contributed by atoms with Crippen LogP contribution in [0.2, 0.25) is 0 Å². The van der Waals surface area contributed by atoms with Gasteiger partial charge in [-0.05, 0) is 72.1 Å². The summed E-state index contributed by atoms with van der Waals surface area (Å²) in [4.78, 5) is 246. The van der Waals surface area contributed by atoms with E-state index < -0.39 is 274 Å². The number of carbonyl (C=O) groups excluding carboxylic acids is 14. The number of carboxylic acid groups (broad SMARTS) is 4. The molecule has 25 N–H and O–H groups in total. The number of aromatic amines is 2. The second-order valence-electron chi connectivity index (χ2n) is 28.0. The van der Waals surface area contributed by atoms with Gasteiger partial charge in [0.15, 0.2) is 0 Å². The lowest BCUT2D eigenvalue weighted by Crippen LogP contribution is -2.61. The number of thiol groups is 2. The molecule has 5 rings (SSSR count). The number of carbonyl (C=O) groups is 18. The highest BCUT2D eigenvalue weighted by Crippen LogP contribution is 2.22. The van der Waals surface area contributed by atoms with Crippen LogP contribution in [0.1, 0.15) is 89.3 Å². The number of hydrogen-bond acceptors (Lipinski definition) is 24. The number of phenols is 1. The zero-order chi connectivity index (χ0) is 88.3. The molecule has 0 unspecified atom stereocenters. The van der Waals surface area contributed by atoms with E-state index in [0.29, 0.717) is 39.4 Å². The van der Waals surface area contributed by atoms with Crippen molar-refractivity contribution < 1.29 is 122 Å². The van der Waals surface area contributed by atoms with Crippen LogP contribution in [0, 0.1) is 11.8 Å². The fraction of sp³-hybridized carbons (Fsp3) is 0.467. The molecule has 42 nitrogen and oxygen atoms in total. The molecule has 2 heterocycles. The number of aliphatic hydroxyl groups is 2. The molecule has 14 amide bonds. The van der Waals surface area contributed by atoms with E-state index in [9.17, 15) is 122 Å². The Kier molecular flexibility index (Phi) is 39.5. The summed E-state index contributed by atoms with van der Waals surface area (Å²) in [6.07, 6.45) is -1.60. The molecule has 13 atom stereocenters. The SMILES string of the molecule is CC[C@H](C)[C@H](NC(=O)[C@H](CO)NC(=O)[C@H](Cc1c[nH]c2ccccc12)NC(=O)[C@H](CS)NC(=O)[C@H](CCC(=O)O)NC(=O)[C@@H](NC(=O)CNC(=O)CNC(=O)[C@H](Cc1ccc(O)cc1)NC(=O)[C@H](CCC(=O)O)NC(=O)CNC(=O)[C@H](CCC(=O)O)NC(=O)[C@H](Cc1c[nH]c2ccccc12)NC(=O)[C@H](CS)NC(=O)[C@@H](N)CO)C(C)C)C(=O)O. The molecule has 0 spiro atoms. The summed E-state index contributed by atoms with van der Waals surface area (Å²) in [5.41, 5.74) is 8.13. The van der Waals surface area contributed by atoms with Crippen LogP contribution in [0.25, 0.3) is 21.8 Å². The minimum absolute atomic E-state index is 0.207. The molecule has 0 saturated heterocycles. The number of aromatic hydroxyl groups is 1. The number of rotatable bonds is 51. The number of nitrogens with one attached hydrogen (secondary N) is 16. The topological polar surface area (TPSA) is 675 Å². The molecule has 5 aromatic rings. The number of amides is 14. The van der Waals surface area contributed by atoms with E-state index in [1.165, 1.54) is 38.1 Å². The first-order chi connectivity index (χ1) is 56.4. The Bertz CT molecular complexity index is 4450. The number of aliphatic carboxylic acids is 4. The van der Waals surface area contributed by atoms with E-state index in [2.05, 4.69) is 110 Å². The maximum absolute atomic E-state index is 14.2. The van der Waals surface area contributed by atoms with Crippen molar-refractivity contribution in [3.63, 3.8) is 0 Å². The highest BCUT2D eigenvalue weighted by molar-refractivity contribution is 7.80. The molecule has 0 aliphatic carbocycles. The first-order valence-electron chi connectivity index (χ1n) is 37.5. The maximum Gasteiger partial charge on any atom is 0.326 e. The standard InChI is InChI=1S/C75H101N17O25S2/c1-5-37(4)63(75(116)117)92-71(112)53(33-94)88-70(111)52(26-40-28-78-46-13-9-7-11-43(40)46)87-73(114)55(35-119)90-68(109)49(20-23-61(103)104)84-74(115)62(36(2)3)91-58(98)30-79-56(96)29-80-66(107)50(24-38-14-16-41(95)17-15-38)85-67(108)48(19-22-60(101)102)82-57(97)31-81-65(106)47(18-21-59(99)100)83-69(110)51(25-39-27-77-45-12-8-6-10-42(39)45)86-72(113)54(34-118)89-64(105)44(76)32-93/h6-17,27-28,36-37,44,47-55,62-63,77-78,93-95,118-119H,5,18-26,29-35,76H2,1-4H3,(H,79,96)(H,80,107)(H,81,106)(H,82,97)(H,83,110)(H,84,115)(H,85,108)(H,86,113)(H,87,114)(H,88,111)(H,89,105)(H,90,109)(H,91,98)(H,92,112)(H,99,100)(H,101,102)(H,103,104)(H,116,117)/t37-,44-,47-,48-,49-,50-,51-,52-,53-,54-,55-,62-,63-/m0/s1. The van der Waals surface area contributed by atoms with E-state index in [1.54, 1.807) is 74.8 Å². The first-order valence-corrected chi connectivity index (χ1v) is 38.8. The number of fused-ring (bicyclic) bond motifs is 2. The maximum atomic E-state index is 14.2. The summed E-state index contributed by atoms with van der Waals surface area (Å²) in [6, 6.07) is -0.321. The van der Waals surface area contributed by atoms with Crippen LogP contribution in [-0.2, 0) is 106 Å². The normalized spacial score (nSPS) is 14.4. The molecule has 0 aliphatic heterocycles. The second kappa shape index (κ2) is 48.3. The van der Waals surface area contributed by atoms with Gasteiger partial charge >= 0.3 is 23.9 Å². The Balaban J connectivity index is 1.24. The Morgan fingerprint density at radius 2 is 0.765 bits per heavy atom. The quantitative estimate of drug-likeness (QED) is 0.0162. The summed E-state index contributed by atoms with van der Waals surface area (Å²) in [5, 5.41) is 103. The van der Waals surface area contributed by atoms with Gasteiger partial charge < -0.3 is 126 Å². The number of para-hydroxylation sites is 2. The summed E-state index contributed by atoms with van der Waals surface area (Å²) in [5.74, 6) is -23.1. The summed E-state index contributed by atoms with van der Waals surface area (Å²) in [7, 11) is 0. The van der Waals surface area contributed by atoms with Gasteiger partial charge in [-0.3, -0.25) is 81.5 Å². The summed E-state index contributed by atoms with van der Waals surface area (Å²) < 4.78 is 0. The third-order valence-corrected chi connectivity index (χ3v) is 19.4. The molecule has 0 fully saturated rings. The number of nitrogens with two attached hydrogens (primary N) is 1. The second-order valence-corrected chi connectivity index (χ2v) is 28.7. The van der Waals surface area contributed by atoms with Gasteiger partial charge in [-0.1, -0.05) is 82.6 Å². The minimum atomic E-state index is -1.80. The lowest BCUT2D eigenvalue weighted by molar-refractivity contribution is -0.144. The van der Waals surface area contributed by atoms with Gasteiger partial charge in [0, 0.05) is 84.2 Å². The zero-order valence-electron chi connectivity index (χ0n) is 65.1. The van der Waals surface area contributed by atoms with Crippen molar-refractivity contribution in [3.8, 4) is 5.75 Å². The number of phenolic OH excluding ortho intramolecular Hbond substituents is 1. The lowest BCUT2D eigenvalue weighted by Gasteiger charge is -2.27. The van der Waals surface area contributed by atoms with E-state index in [1.807, 2.05) is 0 Å². The van der Waals surface area contributed by atoms with Crippen molar-refractivity contribution in [3.05, 3.63) is 102 Å². The van der Waals surface area contributed by atoms with Crippen molar-refractivity contribution in [1.29, 1.82) is 0 Å². The third-order valence-electron chi connectivity index (χ3n) is 18.6. The number of benzene rings is 3. The van der Waals surface area contributed by atoms with Crippen LogP contribution in [0.3, 0.4) is 0 Å². The Morgan fingerprint density at radius 1 is 0.395 bits per heavy atom. The first kappa shape index (κ1) is 97.2. The predicted octanol–water partition coefficient (Wildman–Crippen LogP) is -5.38. The molecule has 0 aliphatic rings. The van der Waals surface area contributed by atoms with Gasteiger partial charge in [0.2, 0.25) is 82.7 Å². The smallest absolute Gasteiger partial charge is 0.326 e. The van der Waals surface area contributed by atoms with E-state index in [-0.39, 0.29) is 29.9 Å². The van der Waals surface area contributed by atoms with Crippen LogP contribution in [0.4, 0.5) is 0 Å². The minimum Gasteiger partial charge on any atom is -0.508 e. The van der Waals surface area contributed by atoms with Crippen LogP contribution in [0.15, 0.2) is 85.2 Å². The van der Waals surface area contributed by atoms with Crippen LogP contribution in [-0.4, -0.2) is 269 Å². The van der Waals surface area contributed by atoms with Crippen molar-refractivity contribution in [1.82, 2.24) is 84.4 Å². The number of aliphatic hydroxyl groups excluding tert-OH is 2. The van der Waals surface area contributed by atoms with Crippen molar-refractivity contribution in [2.24, 2.45) is 17.6 Å². The fourth-order valence-corrected chi connectivity index (χ4v) is 12.3. The average Bonchev–Trinajstić information content (AvgIpc) is 1.70. The van der Waals surface area contributed by atoms with Gasteiger partial charge in [0.05, 0.1) is 32.8 Å². The molecular weight excluding hydrogens is 1600 g/mol. The number of hydrogen-bond donors (Lipinski definition) is 26. The highest BCUT2D eigenvalue weighted by atomic mass is 32.1. The molecule has 0 bridgehead atoms. The van der Waals surface area contributed by atoms with E-state index in [0.717, 1.165) is 0 Å². The van der Waals surface area contributed by atoms with Crippen molar-refractivity contribution >= 4 is 154 Å². The van der Waals surface area contributed by atoms with E-state index >= 15 is 0 Å². The summed E-state index contributed by atoms with van der Waals surface area (Å²) in [6.45, 7) is 1.61. The van der Waals surface area contributed by atoms with Gasteiger partial charge in [-0.15, -0.1) is 0 Å². The van der Waals surface area contributed by atoms with Crippen LogP contribution in [0.5, 0.6) is 5.75 Å². The molecule has 2 aromatic heterocycles. The highest BCUT2D eigenvalue weighted by Gasteiger charge is 2.38. The molecule has 648 valence electrons.